The van der Waals surface area contributed by atoms with Gasteiger partial charge in [0.25, 0.3) is 0 Å². The number of hydrogen-bond donors (Lipinski definition) is 1. The second-order valence-electron chi connectivity index (χ2n) is 5.06. The van der Waals surface area contributed by atoms with Crippen molar-refractivity contribution >= 4 is 10.8 Å². The molecule has 0 spiro atoms. The van der Waals surface area contributed by atoms with Gasteiger partial charge in [-0.1, -0.05) is 0 Å². The Labute approximate surface area is 102 Å². The minimum absolute atomic E-state index is 0.498. The normalized spacial score (nSPS) is 27.3. The Kier molecular flexibility index (Phi) is 6.54. The van der Waals surface area contributed by atoms with Crippen molar-refractivity contribution in [2.24, 2.45) is 0 Å². The van der Waals surface area contributed by atoms with Gasteiger partial charge in [0.05, 0.1) is 0 Å². The first-order valence-corrected chi connectivity index (χ1v) is 8.05. The summed E-state index contributed by atoms with van der Waals surface area (Å²) in [5, 5.41) is 3.67. The molecule has 1 fully saturated rings. The highest BCUT2D eigenvalue weighted by molar-refractivity contribution is 7.84. The van der Waals surface area contributed by atoms with Gasteiger partial charge in [-0.05, 0) is 52.7 Å². The second-order valence-corrected chi connectivity index (χ2v) is 6.62. The maximum absolute atomic E-state index is 11.0. The average molecular weight is 246 g/mol. The Morgan fingerprint density at radius 3 is 2.88 bits per heavy atom. The maximum Gasteiger partial charge on any atom is 0.0246 e. The van der Waals surface area contributed by atoms with Gasteiger partial charge in [-0.3, -0.25) is 4.21 Å². The lowest BCUT2D eigenvalue weighted by Crippen LogP contribution is -2.37. The van der Waals surface area contributed by atoms with Crippen molar-refractivity contribution in [2.75, 3.05) is 32.1 Å². The van der Waals surface area contributed by atoms with Crippen molar-refractivity contribution in [3.63, 3.8) is 0 Å². The number of nitrogens with one attached hydrogen (secondary N) is 1. The van der Waals surface area contributed by atoms with E-state index in [9.17, 15) is 4.21 Å². The van der Waals surface area contributed by atoms with Crippen LogP contribution in [0.5, 0.6) is 0 Å². The minimum atomic E-state index is -0.650. The van der Waals surface area contributed by atoms with Crippen LogP contribution in [-0.4, -0.2) is 53.3 Å². The SMILES string of the molecule is CC(CCS(C)=O)NC1CCCN(C)CC1. The minimum Gasteiger partial charge on any atom is -0.311 e. The van der Waals surface area contributed by atoms with Gasteiger partial charge < -0.3 is 10.2 Å². The van der Waals surface area contributed by atoms with Gasteiger partial charge in [-0.25, -0.2) is 0 Å². The van der Waals surface area contributed by atoms with Gasteiger partial charge in [-0.15, -0.1) is 0 Å². The molecule has 0 amide bonds. The summed E-state index contributed by atoms with van der Waals surface area (Å²) >= 11 is 0. The summed E-state index contributed by atoms with van der Waals surface area (Å²) in [4.78, 5) is 2.41. The largest absolute Gasteiger partial charge is 0.311 e. The molecule has 3 atom stereocenters. The fourth-order valence-corrected chi connectivity index (χ4v) is 2.92. The molecule has 0 aromatic carbocycles. The third-order valence-corrected chi connectivity index (χ3v) is 4.12. The predicted octanol–water partition coefficient (Wildman–Crippen LogP) is 1.22. The van der Waals surface area contributed by atoms with Crippen molar-refractivity contribution in [3.8, 4) is 0 Å². The van der Waals surface area contributed by atoms with Crippen LogP contribution in [-0.2, 0) is 10.8 Å². The quantitative estimate of drug-likeness (QED) is 0.791. The van der Waals surface area contributed by atoms with Crippen molar-refractivity contribution in [2.45, 2.75) is 44.7 Å². The van der Waals surface area contributed by atoms with E-state index < -0.39 is 10.8 Å². The highest BCUT2D eigenvalue weighted by atomic mass is 32.2. The number of rotatable bonds is 5. The van der Waals surface area contributed by atoms with Gasteiger partial charge in [0.15, 0.2) is 0 Å². The first-order valence-electron chi connectivity index (χ1n) is 6.32. The molecule has 0 aromatic rings. The Balaban J connectivity index is 2.21. The number of hydrogen-bond acceptors (Lipinski definition) is 3. The first kappa shape index (κ1) is 14.1. The van der Waals surface area contributed by atoms with Crippen LogP contribution in [0.4, 0.5) is 0 Å². The molecule has 3 unspecified atom stereocenters. The fraction of sp³-hybridized carbons (Fsp3) is 1.00. The van der Waals surface area contributed by atoms with Crippen molar-refractivity contribution in [1.29, 1.82) is 0 Å². The zero-order valence-corrected chi connectivity index (χ0v) is 11.7. The molecule has 0 saturated carbocycles. The van der Waals surface area contributed by atoms with Gasteiger partial charge in [0.2, 0.25) is 0 Å². The monoisotopic (exact) mass is 246 g/mol. The molecule has 0 radical (unpaired) electrons. The van der Waals surface area contributed by atoms with Crippen molar-refractivity contribution in [3.05, 3.63) is 0 Å². The van der Waals surface area contributed by atoms with E-state index in [2.05, 4.69) is 24.2 Å². The highest BCUT2D eigenvalue weighted by Crippen LogP contribution is 2.10. The van der Waals surface area contributed by atoms with Crippen LogP contribution in [0.3, 0.4) is 0 Å². The fourth-order valence-electron chi connectivity index (χ4n) is 2.24. The van der Waals surface area contributed by atoms with E-state index in [1.807, 2.05) is 0 Å². The summed E-state index contributed by atoms with van der Waals surface area (Å²) in [5.74, 6) is 0.820. The smallest absolute Gasteiger partial charge is 0.0246 e. The van der Waals surface area contributed by atoms with Crippen molar-refractivity contribution < 1.29 is 4.21 Å². The Hall–Kier alpha value is 0.0700. The molecule has 96 valence electrons. The lowest BCUT2D eigenvalue weighted by molar-refractivity contribution is 0.339. The third-order valence-electron chi connectivity index (χ3n) is 3.31. The summed E-state index contributed by atoms with van der Waals surface area (Å²) in [6, 6.07) is 1.16. The van der Waals surface area contributed by atoms with Crippen molar-refractivity contribution in [1.82, 2.24) is 10.2 Å². The zero-order valence-electron chi connectivity index (χ0n) is 10.9. The summed E-state index contributed by atoms with van der Waals surface area (Å²) in [5.41, 5.74) is 0. The van der Waals surface area contributed by atoms with E-state index in [0.29, 0.717) is 12.1 Å². The van der Waals surface area contributed by atoms with E-state index in [4.69, 9.17) is 0 Å². The molecule has 0 aromatic heterocycles. The van der Waals surface area contributed by atoms with Crippen LogP contribution in [0, 0.1) is 0 Å². The molecular formula is C12H26N2OS. The molecule has 4 heteroatoms. The molecule has 0 aliphatic carbocycles. The lowest BCUT2D eigenvalue weighted by Gasteiger charge is -2.21. The number of nitrogens with zero attached hydrogens (tertiary/aromatic N) is 1. The van der Waals surface area contributed by atoms with Crippen LogP contribution in [0.15, 0.2) is 0 Å². The third kappa shape index (κ3) is 5.97. The van der Waals surface area contributed by atoms with Crippen LogP contribution >= 0.6 is 0 Å². The van der Waals surface area contributed by atoms with Gasteiger partial charge in [-0.2, -0.15) is 0 Å². The van der Waals surface area contributed by atoms with Gasteiger partial charge in [0, 0.05) is 34.9 Å². The Morgan fingerprint density at radius 1 is 1.44 bits per heavy atom. The standard InChI is InChI=1S/C12H26N2OS/c1-11(7-10-16(3)15)13-12-5-4-8-14(2)9-6-12/h11-13H,4-10H2,1-3H3. The van der Waals surface area contributed by atoms with Crippen LogP contribution in [0.1, 0.15) is 32.6 Å². The Bertz CT molecular complexity index is 223. The maximum atomic E-state index is 11.0. The van der Waals surface area contributed by atoms with E-state index in [1.165, 1.54) is 32.4 Å². The average Bonchev–Trinajstić information content (AvgIpc) is 2.41. The topological polar surface area (TPSA) is 32.3 Å². The number of likely N-dealkylation sites (tertiary alicyclic amines) is 1. The lowest BCUT2D eigenvalue weighted by atomic mass is 10.1. The molecule has 1 aliphatic heterocycles. The summed E-state index contributed by atoms with van der Waals surface area (Å²) in [6.45, 7) is 4.64. The molecule has 3 nitrogen and oxygen atoms in total. The van der Waals surface area contributed by atoms with E-state index >= 15 is 0 Å². The van der Waals surface area contributed by atoms with Gasteiger partial charge >= 0.3 is 0 Å². The van der Waals surface area contributed by atoms with E-state index in [-0.39, 0.29) is 0 Å². The molecule has 1 heterocycles. The Morgan fingerprint density at radius 2 is 2.19 bits per heavy atom. The van der Waals surface area contributed by atoms with Crippen LogP contribution in [0.2, 0.25) is 0 Å². The molecule has 1 saturated heterocycles. The predicted molar refractivity (Wildman–Crippen MR) is 71.3 cm³/mol. The van der Waals surface area contributed by atoms with Gasteiger partial charge in [0.1, 0.15) is 0 Å². The molecular weight excluding hydrogens is 220 g/mol. The van der Waals surface area contributed by atoms with Crippen LogP contribution in [0.25, 0.3) is 0 Å². The van der Waals surface area contributed by atoms with Crippen LogP contribution < -0.4 is 5.32 Å². The molecule has 0 bridgehead atoms. The molecule has 16 heavy (non-hydrogen) atoms. The zero-order chi connectivity index (χ0) is 12.0. The van der Waals surface area contributed by atoms with E-state index in [0.717, 1.165) is 12.2 Å². The van der Waals surface area contributed by atoms with E-state index in [1.54, 1.807) is 6.26 Å². The first-order chi connectivity index (χ1) is 7.58. The molecule has 1 N–H and O–H groups in total. The highest BCUT2D eigenvalue weighted by Gasteiger charge is 2.16. The molecule has 1 aliphatic rings. The summed E-state index contributed by atoms with van der Waals surface area (Å²) in [6.07, 6.45) is 6.63. The summed E-state index contributed by atoms with van der Waals surface area (Å²) in [7, 11) is 1.55. The summed E-state index contributed by atoms with van der Waals surface area (Å²) < 4.78 is 11.0. The second kappa shape index (κ2) is 7.41. The molecule has 1 rings (SSSR count).